The second-order valence-corrected chi connectivity index (χ2v) is 3.34. The number of hydrogen-bond acceptors (Lipinski definition) is 3. The van der Waals surface area contributed by atoms with Gasteiger partial charge in [0, 0.05) is 6.42 Å². The zero-order chi connectivity index (χ0) is 13.4. The number of hydrogen-bond donors (Lipinski definition) is 0. The summed E-state index contributed by atoms with van der Waals surface area (Å²) < 4.78 is 9.91. The molecule has 0 bridgehead atoms. The Hall–Kier alpha value is -2.39. The molecule has 0 spiro atoms. The first kappa shape index (κ1) is 13.7. The van der Waals surface area contributed by atoms with Crippen LogP contribution in [0.5, 0.6) is 5.75 Å². The van der Waals surface area contributed by atoms with Crippen molar-refractivity contribution in [1.29, 1.82) is 0 Å². The highest BCUT2D eigenvalue weighted by molar-refractivity contribution is 5.94. The Morgan fingerprint density at radius 2 is 2.06 bits per heavy atom. The third kappa shape index (κ3) is 3.30. The molecule has 0 aliphatic heterocycles. The molecule has 1 rings (SSSR count). The Kier molecular flexibility index (Phi) is 5.35. The first-order chi connectivity index (χ1) is 8.74. The molecule has 0 atom stereocenters. The van der Waals surface area contributed by atoms with Crippen molar-refractivity contribution in [3.8, 4) is 29.4 Å². The molecule has 1 aromatic carbocycles. The number of methoxy groups -OCH3 is 2. The first-order valence-electron chi connectivity index (χ1n) is 5.38. The molecule has 92 valence electrons. The first-order valence-corrected chi connectivity index (χ1v) is 5.38. The van der Waals surface area contributed by atoms with Crippen LogP contribution in [0, 0.1) is 23.7 Å². The molecular formula is C15H14O3. The molecule has 0 aromatic heterocycles. The van der Waals surface area contributed by atoms with E-state index < -0.39 is 5.97 Å². The van der Waals surface area contributed by atoms with E-state index in [0.29, 0.717) is 17.7 Å². The molecular weight excluding hydrogens is 228 g/mol. The standard InChI is InChI=1S/C15H14O3/c1-4-5-6-7-9-12-10-8-11-13(17-2)14(12)15(16)18-3/h8,10-11H,9H2,1-3H3. The van der Waals surface area contributed by atoms with E-state index in [0.717, 1.165) is 5.56 Å². The van der Waals surface area contributed by atoms with Gasteiger partial charge in [0.2, 0.25) is 0 Å². The molecule has 18 heavy (non-hydrogen) atoms. The Bertz CT molecular complexity index is 551. The lowest BCUT2D eigenvalue weighted by Crippen LogP contribution is -2.08. The zero-order valence-electron chi connectivity index (χ0n) is 10.7. The predicted octanol–water partition coefficient (Wildman–Crippen LogP) is 2.05. The van der Waals surface area contributed by atoms with Gasteiger partial charge in [0.1, 0.15) is 11.3 Å². The summed E-state index contributed by atoms with van der Waals surface area (Å²) in [7, 11) is 2.85. The van der Waals surface area contributed by atoms with Gasteiger partial charge in [-0.2, -0.15) is 0 Å². The topological polar surface area (TPSA) is 35.5 Å². The van der Waals surface area contributed by atoms with Crippen molar-refractivity contribution in [2.24, 2.45) is 0 Å². The Labute approximate surface area is 107 Å². The molecule has 0 aliphatic rings. The number of rotatable bonds is 3. The van der Waals surface area contributed by atoms with E-state index in [1.807, 2.05) is 12.1 Å². The summed E-state index contributed by atoms with van der Waals surface area (Å²) in [5.74, 6) is 11.0. The fourth-order valence-electron chi connectivity index (χ4n) is 1.47. The SMILES string of the molecule is CC#CC#CCc1cccc(OC)c1C(=O)OC. The van der Waals surface area contributed by atoms with Crippen LogP contribution >= 0.6 is 0 Å². The van der Waals surface area contributed by atoms with Crippen LogP contribution in [0.4, 0.5) is 0 Å². The molecule has 3 nitrogen and oxygen atoms in total. The predicted molar refractivity (Wildman–Crippen MR) is 69.3 cm³/mol. The largest absolute Gasteiger partial charge is 0.496 e. The van der Waals surface area contributed by atoms with Crippen LogP contribution in [0.25, 0.3) is 0 Å². The van der Waals surface area contributed by atoms with Gasteiger partial charge in [-0.1, -0.05) is 24.0 Å². The monoisotopic (exact) mass is 242 g/mol. The molecule has 0 unspecified atom stereocenters. The van der Waals surface area contributed by atoms with Gasteiger partial charge in [-0.25, -0.2) is 4.79 Å². The number of ether oxygens (including phenoxy) is 2. The third-order valence-corrected chi connectivity index (χ3v) is 2.28. The highest BCUT2D eigenvalue weighted by Gasteiger charge is 2.16. The van der Waals surface area contributed by atoms with Crippen molar-refractivity contribution in [3.63, 3.8) is 0 Å². The van der Waals surface area contributed by atoms with Crippen molar-refractivity contribution >= 4 is 5.97 Å². The quantitative estimate of drug-likeness (QED) is 0.601. The minimum absolute atomic E-state index is 0.418. The molecule has 0 heterocycles. The second kappa shape index (κ2) is 7.04. The molecule has 0 N–H and O–H groups in total. The lowest BCUT2D eigenvalue weighted by Gasteiger charge is -2.10. The molecule has 0 fully saturated rings. The van der Waals surface area contributed by atoms with Gasteiger partial charge in [0.25, 0.3) is 0 Å². The summed E-state index contributed by atoms with van der Waals surface area (Å²) in [6.45, 7) is 1.72. The van der Waals surface area contributed by atoms with Crippen molar-refractivity contribution in [3.05, 3.63) is 29.3 Å². The normalized spacial score (nSPS) is 8.39. The Morgan fingerprint density at radius 1 is 1.28 bits per heavy atom. The second-order valence-electron chi connectivity index (χ2n) is 3.34. The van der Waals surface area contributed by atoms with Crippen LogP contribution in [0.15, 0.2) is 18.2 Å². The van der Waals surface area contributed by atoms with Crippen molar-refractivity contribution in [2.75, 3.05) is 14.2 Å². The van der Waals surface area contributed by atoms with Crippen LogP contribution in [0.2, 0.25) is 0 Å². The molecule has 0 saturated heterocycles. The lowest BCUT2D eigenvalue weighted by atomic mass is 10.0. The molecule has 3 heteroatoms. The number of carbonyl (C=O) groups is 1. The maximum absolute atomic E-state index is 11.7. The van der Waals surface area contributed by atoms with E-state index in [-0.39, 0.29) is 0 Å². The molecule has 0 saturated carbocycles. The number of benzene rings is 1. The van der Waals surface area contributed by atoms with E-state index in [1.54, 1.807) is 13.0 Å². The highest BCUT2D eigenvalue weighted by Crippen LogP contribution is 2.23. The van der Waals surface area contributed by atoms with Gasteiger partial charge in [0.15, 0.2) is 0 Å². The number of carbonyl (C=O) groups excluding carboxylic acids is 1. The smallest absolute Gasteiger partial charge is 0.341 e. The summed E-state index contributed by atoms with van der Waals surface area (Å²) >= 11 is 0. The van der Waals surface area contributed by atoms with Crippen molar-refractivity contribution in [1.82, 2.24) is 0 Å². The van der Waals surface area contributed by atoms with E-state index in [9.17, 15) is 4.79 Å². The van der Waals surface area contributed by atoms with E-state index >= 15 is 0 Å². The van der Waals surface area contributed by atoms with Crippen LogP contribution < -0.4 is 4.74 Å². The zero-order valence-corrected chi connectivity index (χ0v) is 10.7. The van der Waals surface area contributed by atoms with Gasteiger partial charge in [-0.05, 0) is 30.4 Å². The number of esters is 1. The van der Waals surface area contributed by atoms with Crippen LogP contribution in [0.1, 0.15) is 22.8 Å². The van der Waals surface area contributed by atoms with Gasteiger partial charge in [0.05, 0.1) is 14.2 Å². The van der Waals surface area contributed by atoms with Gasteiger partial charge in [-0.15, -0.1) is 0 Å². The van der Waals surface area contributed by atoms with Gasteiger partial charge < -0.3 is 9.47 Å². The Morgan fingerprint density at radius 3 is 2.67 bits per heavy atom. The molecule has 1 aromatic rings. The van der Waals surface area contributed by atoms with Crippen LogP contribution in [-0.4, -0.2) is 20.2 Å². The third-order valence-electron chi connectivity index (χ3n) is 2.28. The van der Waals surface area contributed by atoms with Crippen LogP contribution in [-0.2, 0) is 11.2 Å². The lowest BCUT2D eigenvalue weighted by molar-refractivity contribution is 0.0596. The van der Waals surface area contributed by atoms with Gasteiger partial charge in [-0.3, -0.25) is 0 Å². The minimum Gasteiger partial charge on any atom is -0.496 e. The minimum atomic E-state index is -0.425. The van der Waals surface area contributed by atoms with E-state index in [2.05, 4.69) is 23.7 Å². The fourth-order valence-corrected chi connectivity index (χ4v) is 1.47. The van der Waals surface area contributed by atoms with E-state index in [4.69, 9.17) is 9.47 Å². The average Bonchev–Trinajstić information content (AvgIpc) is 2.42. The van der Waals surface area contributed by atoms with Crippen LogP contribution in [0.3, 0.4) is 0 Å². The maximum Gasteiger partial charge on any atom is 0.341 e. The molecule has 0 amide bonds. The molecule has 0 aliphatic carbocycles. The molecule has 0 radical (unpaired) electrons. The van der Waals surface area contributed by atoms with Crippen molar-refractivity contribution in [2.45, 2.75) is 13.3 Å². The maximum atomic E-state index is 11.7. The summed E-state index contributed by atoms with van der Waals surface area (Å²) in [6, 6.07) is 5.35. The average molecular weight is 242 g/mol. The Balaban J connectivity index is 3.14. The van der Waals surface area contributed by atoms with Gasteiger partial charge >= 0.3 is 5.97 Å². The summed E-state index contributed by atoms with van der Waals surface area (Å²) in [5.41, 5.74) is 1.19. The van der Waals surface area contributed by atoms with Crippen molar-refractivity contribution < 1.29 is 14.3 Å². The summed E-state index contributed by atoms with van der Waals surface area (Å²) in [6.07, 6.45) is 0.427. The van der Waals surface area contributed by atoms with E-state index in [1.165, 1.54) is 14.2 Å². The summed E-state index contributed by atoms with van der Waals surface area (Å²) in [4.78, 5) is 11.7. The summed E-state index contributed by atoms with van der Waals surface area (Å²) in [5, 5.41) is 0. The fraction of sp³-hybridized carbons (Fsp3) is 0.267. The highest BCUT2D eigenvalue weighted by atomic mass is 16.5.